The summed E-state index contributed by atoms with van der Waals surface area (Å²) in [5, 5.41) is 5.66. The molecule has 0 spiro atoms. The Morgan fingerprint density at radius 2 is 2.04 bits per heavy atom. The van der Waals surface area contributed by atoms with Gasteiger partial charge >= 0.3 is 0 Å². The minimum Gasteiger partial charge on any atom is -0.494 e. The number of carbonyl (C=O) groups excluding carboxylic acids is 1. The summed E-state index contributed by atoms with van der Waals surface area (Å²) in [6.45, 7) is 0. The van der Waals surface area contributed by atoms with Crippen LogP contribution in [0.4, 0.5) is 9.52 Å². The summed E-state index contributed by atoms with van der Waals surface area (Å²) < 4.78 is 18.5. The molecule has 3 aromatic rings. The van der Waals surface area contributed by atoms with Crippen LogP contribution < -0.4 is 10.1 Å². The molecule has 1 heterocycles. The number of ether oxygens (including phenoxy) is 1. The van der Waals surface area contributed by atoms with Gasteiger partial charge in [-0.1, -0.05) is 29.8 Å². The minimum atomic E-state index is -0.484. The summed E-state index contributed by atoms with van der Waals surface area (Å²) in [6.07, 6.45) is 2.84. The smallest absolute Gasteiger partial charge is 0.250 e. The number of hydrogen-bond acceptors (Lipinski definition) is 4. The summed E-state index contributed by atoms with van der Waals surface area (Å²) >= 11 is 7.19. The van der Waals surface area contributed by atoms with Crippen LogP contribution in [0.3, 0.4) is 0 Å². The molecule has 0 atom stereocenters. The van der Waals surface area contributed by atoms with Gasteiger partial charge in [-0.2, -0.15) is 0 Å². The molecule has 3 rings (SSSR count). The van der Waals surface area contributed by atoms with Crippen LogP contribution in [0.2, 0.25) is 5.02 Å². The number of halogens is 2. The average molecular weight is 389 g/mol. The van der Waals surface area contributed by atoms with Crippen LogP contribution in [0, 0.1) is 5.82 Å². The van der Waals surface area contributed by atoms with Crippen molar-refractivity contribution in [2.45, 2.75) is 0 Å². The summed E-state index contributed by atoms with van der Waals surface area (Å²) in [4.78, 5) is 16.4. The van der Waals surface area contributed by atoms with Crippen LogP contribution in [0.25, 0.3) is 17.3 Å². The fourth-order valence-corrected chi connectivity index (χ4v) is 3.04. The van der Waals surface area contributed by atoms with Gasteiger partial charge < -0.3 is 4.74 Å². The minimum absolute atomic E-state index is 0.157. The lowest BCUT2D eigenvalue weighted by Crippen LogP contribution is -2.07. The van der Waals surface area contributed by atoms with Gasteiger partial charge in [-0.15, -0.1) is 11.3 Å². The van der Waals surface area contributed by atoms with E-state index < -0.39 is 5.82 Å². The van der Waals surface area contributed by atoms with Crippen molar-refractivity contribution in [2.75, 3.05) is 12.4 Å². The van der Waals surface area contributed by atoms with Gasteiger partial charge in [-0.05, 0) is 35.9 Å². The Morgan fingerprint density at radius 1 is 1.27 bits per heavy atom. The quantitative estimate of drug-likeness (QED) is 0.606. The first kappa shape index (κ1) is 18.1. The molecule has 0 radical (unpaired) electrons. The number of amides is 1. The predicted molar refractivity (Wildman–Crippen MR) is 103 cm³/mol. The lowest BCUT2D eigenvalue weighted by molar-refractivity contribution is -0.111. The number of nitrogens with one attached hydrogen (secondary N) is 1. The zero-order valence-electron chi connectivity index (χ0n) is 13.7. The van der Waals surface area contributed by atoms with Gasteiger partial charge in [-0.3, -0.25) is 10.1 Å². The zero-order chi connectivity index (χ0) is 18.5. The van der Waals surface area contributed by atoms with E-state index in [4.69, 9.17) is 16.3 Å². The van der Waals surface area contributed by atoms with Gasteiger partial charge in [0.05, 0.1) is 12.8 Å². The van der Waals surface area contributed by atoms with Gasteiger partial charge in [0.1, 0.15) is 0 Å². The lowest BCUT2D eigenvalue weighted by atomic mass is 10.2. The standard InChI is InChI=1S/C19H14ClFN2O2S/c1-25-17-8-2-12(10-15(17)21)3-9-18(24)23-19-22-16(11-26-19)13-4-6-14(20)7-5-13/h2-11H,1H3,(H,22,23,24)/b9-3+. The molecular weight excluding hydrogens is 375 g/mol. The van der Waals surface area contributed by atoms with E-state index in [1.165, 1.54) is 42.7 Å². The molecule has 2 aromatic carbocycles. The molecular formula is C19H14ClFN2O2S. The third kappa shape index (κ3) is 4.47. The molecule has 1 amide bonds. The molecule has 0 aliphatic rings. The van der Waals surface area contributed by atoms with Crippen LogP contribution >= 0.6 is 22.9 Å². The van der Waals surface area contributed by atoms with Crippen molar-refractivity contribution >= 4 is 40.1 Å². The molecule has 132 valence electrons. The molecule has 0 aliphatic heterocycles. The van der Waals surface area contributed by atoms with E-state index in [1.807, 2.05) is 17.5 Å². The number of carbonyl (C=O) groups is 1. The summed E-state index contributed by atoms with van der Waals surface area (Å²) in [6, 6.07) is 11.8. The van der Waals surface area contributed by atoms with E-state index in [-0.39, 0.29) is 11.7 Å². The molecule has 26 heavy (non-hydrogen) atoms. The summed E-state index contributed by atoms with van der Waals surface area (Å²) in [5.41, 5.74) is 2.22. The Hall–Kier alpha value is -2.70. The monoisotopic (exact) mass is 388 g/mol. The fourth-order valence-electron chi connectivity index (χ4n) is 2.19. The molecule has 4 nitrogen and oxygen atoms in total. The van der Waals surface area contributed by atoms with E-state index in [1.54, 1.807) is 18.2 Å². The third-order valence-corrected chi connectivity index (χ3v) is 4.49. The molecule has 1 N–H and O–H groups in total. The van der Waals surface area contributed by atoms with E-state index in [0.29, 0.717) is 15.7 Å². The number of thiazole rings is 1. The van der Waals surface area contributed by atoms with Gasteiger partial charge in [0, 0.05) is 22.0 Å². The molecule has 1 aromatic heterocycles. The summed E-state index contributed by atoms with van der Waals surface area (Å²) in [5.74, 6) is -0.676. The molecule has 0 unspecified atom stereocenters. The number of aromatic nitrogens is 1. The Bertz CT molecular complexity index is 954. The SMILES string of the molecule is COc1ccc(/C=C/C(=O)Nc2nc(-c3ccc(Cl)cc3)cs2)cc1F. The highest BCUT2D eigenvalue weighted by Gasteiger charge is 2.07. The van der Waals surface area contributed by atoms with E-state index in [0.717, 1.165) is 11.3 Å². The normalized spacial score (nSPS) is 10.9. The molecule has 0 bridgehead atoms. The fraction of sp³-hybridized carbons (Fsp3) is 0.0526. The first-order valence-electron chi connectivity index (χ1n) is 7.59. The second kappa shape index (κ2) is 8.12. The molecule has 0 saturated heterocycles. The van der Waals surface area contributed by atoms with Gasteiger partial charge in [0.15, 0.2) is 16.7 Å². The van der Waals surface area contributed by atoms with Crippen LogP contribution in [0.5, 0.6) is 5.75 Å². The van der Waals surface area contributed by atoms with Crippen molar-refractivity contribution < 1.29 is 13.9 Å². The highest BCUT2D eigenvalue weighted by molar-refractivity contribution is 7.14. The Kier molecular flexibility index (Phi) is 5.65. The topological polar surface area (TPSA) is 51.2 Å². The van der Waals surface area contributed by atoms with Gasteiger partial charge in [0.2, 0.25) is 5.91 Å². The van der Waals surface area contributed by atoms with E-state index in [9.17, 15) is 9.18 Å². The van der Waals surface area contributed by atoms with Crippen molar-refractivity contribution in [1.82, 2.24) is 4.98 Å². The largest absolute Gasteiger partial charge is 0.494 e. The lowest BCUT2D eigenvalue weighted by Gasteiger charge is -2.02. The molecule has 7 heteroatoms. The Balaban J connectivity index is 1.65. The van der Waals surface area contributed by atoms with E-state index in [2.05, 4.69) is 10.3 Å². The average Bonchev–Trinajstić information content (AvgIpc) is 3.09. The number of hydrogen-bond donors (Lipinski definition) is 1. The molecule has 0 fully saturated rings. The van der Waals surface area contributed by atoms with Crippen LogP contribution in [0.15, 0.2) is 53.9 Å². The predicted octanol–water partition coefficient (Wildman–Crippen LogP) is 5.26. The number of nitrogens with zero attached hydrogens (tertiary/aromatic N) is 1. The highest BCUT2D eigenvalue weighted by atomic mass is 35.5. The van der Waals surface area contributed by atoms with Crippen molar-refractivity contribution in [3.05, 3.63) is 70.3 Å². The van der Waals surface area contributed by atoms with E-state index >= 15 is 0 Å². The van der Waals surface area contributed by atoms with Crippen LogP contribution in [-0.2, 0) is 4.79 Å². The first-order valence-corrected chi connectivity index (χ1v) is 8.85. The maximum Gasteiger partial charge on any atom is 0.250 e. The van der Waals surface area contributed by atoms with Crippen molar-refractivity contribution in [2.24, 2.45) is 0 Å². The second-order valence-corrected chi connectivity index (χ2v) is 6.56. The number of anilines is 1. The third-order valence-electron chi connectivity index (χ3n) is 3.48. The maximum absolute atomic E-state index is 13.6. The van der Waals surface area contributed by atoms with Crippen molar-refractivity contribution in [3.63, 3.8) is 0 Å². The zero-order valence-corrected chi connectivity index (χ0v) is 15.3. The second-order valence-electron chi connectivity index (χ2n) is 5.26. The molecule has 0 aliphatic carbocycles. The number of rotatable bonds is 5. The van der Waals surface area contributed by atoms with Crippen LogP contribution in [-0.4, -0.2) is 18.0 Å². The number of methoxy groups -OCH3 is 1. The van der Waals surface area contributed by atoms with Gasteiger partial charge in [-0.25, -0.2) is 9.37 Å². The molecule has 0 saturated carbocycles. The van der Waals surface area contributed by atoms with Gasteiger partial charge in [0.25, 0.3) is 0 Å². The van der Waals surface area contributed by atoms with Crippen molar-refractivity contribution in [1.29, 1.82) is 0 Å². The Labute approximate surface area is 158 Å². The number of benzene rings is 2. The van der Waals surface area contributed by atoms with Crippen LogP contribution in [0.1, 0.15) is 5.56 Å². The summed E-state index contributed by atoms with van der Waals surface area (Å²) in [7, 11) is 1.40. The Morgan fingerprint density at radius 3 is 2.73 bits per heavy atom. The first-order chi connectivity index (χ1) is 12.5. The maximum atomic E-state index is 13.6. The van der Waals surface area contributed by atoms with Crippen molar-refractivity contribution in [3.8, 4) is 17.0 Å². The highest BCUT2D eigenvalue weighted by Crippen LogP contribution is 2.26.